The van der Waals surface area contributed by atoms with Crippen molar-refractivity contribution in [2.24, 2.45) is 4.99 Å². The highest BCUT2D eigenvalue weighted by molar-refractivity contribution is 14.0. The summed E-state index contributed by atoms with van der Waals surface area (Å²) in [6, 6.07) is 16.6. The number of nitrogens with one attached hydrogen (secondary N) is 3. The third-order valence-electron chi connectivity index (χ3n) is 4.80. The van der Waals surface area contributed by atoms with E-state index in [1.807, 2.05) is 12.1 Å². The molecule has 0 spiro atoms. The minimum Gasteiger partial charge on any atom is -0.488 e. The zero-order chi connectivity index (χ0) is 17.8. The molecule has 0 saturated carbocycles. The highest BCUT2D eigenvalue weighted by Gasteiger charge is 2.22. The Labute approximate surface area is 176 Å². The highest BCUT2D eigenvalue weighted by atomic mass is 127. The summed E-state index contributed by atoms with van der Waals surface area (Å²) in [6.45, 7) is 1.56. The SMILES string of the molecule is CN=C(NCCc1c[nH]c2ccccc12)NCC1Cc2ccccc2O1.I. The number of aromatic amines is 1. The smallest absolute Gasteiger partial charge is 0.191 e. The molecule has 4 rings (SSSR count). The van der Waals surface area contributed by atoms with Crippen molar-refractivity contribution < 1.29 is 4.74 Å². The molecular formula is C21H25IN4O. The largest absolute Gasteiger partial charge is 0.488 e. The molecule has 3 N–H and O–H groups in total. The van der Waals surface area contributed by atoms with Crippen LogP contribution >= 0.6 is 24.0 Å². The number of fused-ring (bicyclic) bond motifs is 2. The van der Waals surface area contributed by atoms with Crippen LogP contribution in [0.25, 0.3) is 10.9 Å². The lowest BCUT2D eigenvalue weighted by atomic mass is 10.1. The number of aromatic nitrogens is 1. The lowest BCUT2D eigenvalue weighted by Gasteiger charge is -2.15. The molecule has 3 aromatic rings. The average Bonchev–Trinajstić information content (AvgIpc) is 3.28. The van der Waals surface area contributed by atoms with Crippen LogP contribution in [0.15, 0.2) is 59.7 Å². The first kappa shape index (κ1) is 19.5. The number of H-pyrrole nitrogens is 1. The van der Waals surface area contributed by atoms with Crippen LogP contribution in [0.3, 0.4) is 0 Å². The molecule has 1 aliphatic heterocycles. The Morgan fingerprint density at radius 3 is 2.81 bits per heavy atom. The molecule has 0 fully saturated rings. The Bertz CT molecular complexity index is 896. The summed E-state index contributed by atoms with van der Waals surface area (Å²) in [7, 11) is 1.80. The average molecular weight is 476 g/mol. The topological polar surface area (TPSA) is 61.4 Å². The van der Waals surface area contributed by atoms with Gasteiger partial charge in [0.1, 0.15) is 11.9 Å². The van der Waals surface area contributed by atoms with E-state index in [2.05, 4.69) is 63.2 Å². The zero-order valence-corrected chi connectivity index (χ0v) is 17.7. The number of nitrogens with zero attached hydrogens (tertiary/aromatic N) is 1. The van der Waals surface area contributed by atoms with Gasteiger partial charge in [-0.1, -0.05) is 36.4 Å². The van der Waals surface area contributed by atoms with E-state index < -0.39 is 0 Å². The second-order valence-electron chi connectivity index (χ2n) is 6.54. The number of rotatable bonds is 5. The molecule has 1 aliphatic rings. The molecule has 0 saturated heterocycles. The minimum atomic E-state index is 0. The van der Waals surface area contributed by atoms with Crippen molar-refractivity contribution in [1.82, 2.24) is 15.6 Å². The van der Waals surface area contributed by atoms with E-state index in [1.54, 1.807) is 7.05 Å². The van der Waals surface area contributed by atoms with Gasteiger partial charge in [0.15, 0.2) is 5.96 Å². The van der Waals surface area contributed by atoms with Gasteiger partial charge >= 0.3 is 0 Å². The van der Waals surface area contributed by atoms with Gasteiger partial charge in [-0.25, -0.2) is 0 Å². The Morgan fingerprint density at radius 2 is 1.96 bits per heavy atom. The highest BCUT2D eigenvalue weighted by Crippen LogP contribution is 2.27. The standard InChI is InChI=1S/C21H24N4O.HI/c1-22-21(25-14-17-12-15-6-2-5-9-20(15)26-17)23-11-10-16-13-24-19-8-4-3-7-18(16)19;/h2-9,13,17,24H,10-12,14H2,1H3,(H2,22,23,25);1H. The molecule has 6 heteroatoms. The maximum Gasteiger partial charge on any atom is 0.191 e. The Kier molecular flexibility index (Phi) is 6.60. The lowest BCUT2D eigenvalue weighted by Crippen LogP contribution is -2.42. The normalized spacial score (nSPS) is 15.7. The molecule has 0 amide bonds. The first-order valence-electron chi connectivity index (χ1n) is 9.07. The van der Waals surface area contributed by atoms with Crippen LogP contribution in [0.5, 0.6) is 5.75 Å². The summed E-state index contributed by atoms with van der Waals surface area (Å²) < 4.78 is 5.96. The van der Waals surface area contributed by atoms with E-state index in [4.69, 9.17) is 4.74 Å². The van der Waals surface area contributed by atoms with Crippen LogP contribution in [0.2, 0.25) is 0 Å². The van der Waals surface area contributed by atoms with Crippen molar-refractivity contribution >= 4 is 40.8 Å². The third kappa shape index (κ3) is 4.55. The predicted molar refractivity (Wildman–Crippen MR) is 121 cm³/mol. The summed E-state index contributed by atoms with van der Waals surface area (Å²) in [6.07, 6.45) is 4.12. The van der Waals surface area contributed by atoms with Gasteiger partial charge < -0.3 is 20.4 Å². The molecule has 2 aromatic carbocycles. The van der Waals surface area contributed by atoms with E-state index in [0.717, 1.165) is 37.6 Å². The summed E-state index contributed by atoms with van der Waals surface area (Å²) in [5, 5.41) is 8.04. The summed E-state index contributed by atoms with van der Waals surface area (Å²) in [5.74, 6) is 1.81. The van der Waals surface area contributed by atoms with Gasteiger partial charge in [-0.05, 0) is 29.7 Å². The Morgan fingerprint density at radius 1 is 1.15 bits per heavy atom. The van der Waals surface area contributed by atoms with E-state index in [9.17, 15) is 0 Å². The van der Waals surface area contributed by atoms with Gasteiger partial charge in [-0.2, -0.15) is 0 Å². The summed E-state index contributed by atoms with van der Waals surface area (Å²) >= 11 is 0. The Hall–Kier alpha value is -2.22. The van der Waals surface area contributed by atoms with Crippen molar-refractivity contribution in [3.63, 3.8) is 0 Å². The number of hydrogen-bond donors (Lipinski definition) is 3. The van der Waals surface area contributed by atoms with E-state index in [-0.39, 0.29) is 30.1 Å². The first-order chi connectivity index (χ1) is 12.8. The van der Waals surface area contributed by atoms with Crippen molar-refractivity contribution in [3.8, 4) is 5.75 Å². The lowest BCUT2D eigenvalue weighted by molar-refractivity contribution is 0.235. The van der Waals surface area contributed by atoms with Crippen molar-refractivity contribution in [2.75, 3.05) is 20.1 Å². The number of benzene rings is 2. The first-order valence-corrected chi connectivity index (χ1v) is 9.07. The van der Waals surface area contributed by atoms with Crippen LogP contribution in [0.4, 0.5) is 0 Å². The van der Waals surface area contributed by atoms with Crippen LogP contribution in [0.1, 0.15) is 11.1 Å². The fourth-order valence-electron chi connectivity index (χ4n) is 3.45. The maximum absolute atomic E-state index is 5.96. The van der Waals surface area contributed by atoms with Crippen molar-refractivity contribution in [3.05, 3.63) is 65.9 Å². The number of hydrogen-bond acceptors (Lipinski definition) is 2. The van der Waals surface area contributed by atoms with Crippen LogP contribution in [0, 0.1) is 0 Å². The van der Waals surface area contributed by atoms with E-state index in [0.29, 0.717) is 0 Å². The van der Waals surface area contributed by atoms with Crippen molar-refractivity contribution in [1.29, 1.82) is 0 Å². The van der Waals surface area contributed by atoms with Gasteiger partial charge in [0.05, 0.1) is 6.54 Å². The molecule has 0 aliphatic carbocycles. The quantitative estimate of drug-likeness (QED) is 0.300. The van der Waals surface area contributed by atoms with Crippen LogP contribution in [-0.2, 0) is 12.8 Å². The van der Waals surface area contributed by atoms with E-state index >= 15 is 0 Å². The third-order valence-corrected chi connectivity index (χ3v) is 4.80. The van der Waals surface area contributed by atoms with Gasteiger partial charge in [0.25, 0.3) is 0 Å². The summed E-state index contributed by atoms with van der Waals surface area (Å²) in [4.78, 5) is 7.63. The number of aliphatic imine (C=N–C) groups is 1. The molecule has 27 heavy (non-hydrogen) atoms. The monoisotopic (exact) mass is 476 g/mol. The van der Waals surface area contributed by atoms with Gasteiger partial charge in [0, 0.05) is 37.1 Å². The molecule has 2 heterocycles. The molecule has 0 bridgehead atoms. The number of halogens is 1. The maximum atomic E-state index is 5.96. The number of ether oxygens (including phenoxy) is 1. The van der Waals surface area contributed by atoms with Crippen LogP contribution in [-0.4, -0.2) is 37.2 Å². The zero-order valence-electron chi connectivity index (χ0n) is 15.4. The van der Waals surface area contributed by atoms with Gasteiger partial charge in [0.2, 0.25) is 0 Å². The predicted octanol–water partition coefficient (Wildman–Crippen LogP) is 3.50. The molecule has 1 aromatic heterocycles. The molecule has 142 valence electrons. The Balaban J connectivity index is 0.00000210. The second kappa shape index (κ2) is 9.12. The van der Waals surface area contributed by atoms with Crippen molar-refractivity contribution in [2.45, 2.75) is 18.9 Å². The molecular weight excluding hydrogens is 451 g/mol. The number of para-hydroxylation sites is 2. The van der Waals surface area contributed by atoms with Gasteiger partial charge in [-0.3, -0.25) is 4.99 Å². The molecule has 1 unspecified atom stereocenters. The fourth-order valence-corrected chi connectivity index (χ4v) is 3.45. The second-order valence-corrected chi connectivity index (χ2v) is 6.54. The van der Waals surface area contributed by atoms with E-state index in [1.165, 1.54) is 22.0 Å². The summed E-state index contributed by atoms with van der Waals surface area (Å²) in [5.41, 5.74) is 3.78. The minimum absolute atomic E-state index is 0. The number of guanidine groups is 1. The molecule has 0 radical (unpaired) electrons. The molecule has 5 nitrogen and oxygen atoms in total. The van der Waals surface area contributed by atoms with Gasteiger partial charge in [-0.15, -0.1) is 24.0 Å². The molecule has 1 atom stereocenters. The fraction of sp³-hybridized carbons (Fsp3) is 0.286. The van der Waals surface area contributed by atoms with Crippen LogP contribution < -0.4 is 15.4 Å².